The number of carbonyl (C=O) groups excluding carboxylic acids is 1. The van der Waals surface area contributed by atoms with Crippen LogP contribution in [0.1, 0.15) is 35.4 Å². The highest BCUT2D eigenvalue weighted by molar-refractivity contribution is 5.99. The standard InChI is InChI=1S/C21H20N6O3/c1-12-10-24-16-5-2-13(11-27(12)16)17-19(21-23-7-9-30-21)26-20(22)18(25-17)15(28)4-3-14-6-8-29-14/h2,5,7,9-11,14H,3-4,6,8H2,1H3,(H2,22,26). The Kier molecular flexibility index (Phi) is 4.51. The highest BCUT2D eigenvalue weighted by atomic mass is 16.5. The molecule has 0 amide bonds. The molecule has 0 bridgehead atoms. The van der Waals surface area contributed by atoms with Crippen LogP contribution in [0.4, 0.5) is 5.82 Å². The summed E-state index contributed by atoms with van der Waals surface area (Å²) in [5.41, 5.74) is 9.67. The molecule has 1 saturated heterocycles. The first kappa shape index (κ1) is 18.4. The molecule has 2 N–H and O–H groups in total. The molecule has 1 fully saturated rings. The van der Waals surface area contributed by atoms with Crippen LogP contribution in [0.5, 0.6) is 0 Å². The average Bonchev–Trinajstić information content (AvgIpc) is 3.36. The fourth-order valence-electron chi connectivity index (χ4n) is 3.51. The molecule has 1 atom stereocenters. The lowest BCUT2D eigenvalue weighted by molar-refractivity contribution is -0.0542. The van der Waals surface area contributed by atoms with Gasteiger partial charge in [-0.25, -0.2) is 19.9 Å². The molecule has 0 saturated carbocycles. The Morgan fingerprint density at radius 1 is 1.27 bits per heavy atom. The zero-order valence-corrected chi connectivity index (χ0v) is 16.4. The van der Waals surface area contributed by atoms with E-state index in [0.29, 0.717) is 24.2 Å². The monoisotopic (exact) mass is 404 g/mol. The number of ketones is 1. The third-order valence-electron chi connectivity index (χ3n) is 5.27. The molecule has 0 aromatic carbocycles. The van der Waals surface area contributed by atoms with Crippen molar-refractivity contribution < 1.29 is 13.9 Å². The first-order chi connectivity index (χ1) is 14.6. The number of nitrogen functional groups attached to an aromatic ring is 1. The van der Waals surface area contributed by atoms with E-state index in [1.54, 1.807) is 6.20 Å². The van der Waals surface area contributed by atoms with Crippen molar-refractivity contribution in [2.75, 3.05) is 12.3 Å². The van der Waals surface area contributed by atoms with Gasteiger partial charge in [0.05, 0.1) is 12.3 Å². The number of Topliss-reactive ketones (excluding diaryl/α,β-unsaturated/α-hetero) is 1. The van der Waals surface area contributed by atoms with Crippen molar-refractivity contribution in [3.63, 3.8) is 0 Å². The van der Waals surface area contributed by atoms with Crippen molar-refractivity contribution >= 4 is 17.2 Å². The van der Waals surface area contributed by atoms with E-state index in [0.717, 1.165) is 29.9 Å². The predicted molar refractivity (Wildman–Crippen MR) is 109 cm³/mol. The molecular formula is C21H20N6O3. The molecule has 5 rings (SSSR count). The van der Waals surface area contributed by atoms with Gasteiger partial charge in [0, 0.05) is 36.7 Å². The Morgan fingerprint density at radius 2 is 2.13 bits per heavy atom. The van der Waals surface area contributed by atoms with Crippen molar-refractivity contribution in [2.45, 2.75) is 32.3 Å². The minimum atomic E-state index is -0.157. The fourth-order valence-corrected chi connectivity index (χ4v) is 3.51. The molecule has 0 aliphatic carbocycles. The molecule has 30 heavy (non-hydrogen) atoms. The summed E-state index contributed by atoms with van der Waals surface area (Å²) in [6.45, 7) is 2.72. The van der Waals surface area contributed by atoms with Crippen molar-refractivity contribution in [2.24, 2.45) is 0 Å². The van der Waals surface area contributed by atoms with Gasteiger partial charge in [-0.3, -0.25) is 4.79 Å². The summed E-state index contributed by atoms with van der Waals surface area (Å²) >= 11 is 0. The Bertz CT molecular complexity index is 1230. The lowest BCUT2D eigenvalue weighted by Crippen LogP contribution is -2.27. The summed E-state index contributed by atoms with van der Waals surface area (Å²) < 4.78 is 12.8. The number of nitrogens with two attached hydrogens (primary N) is 1. The van der Waals surface area contributed by atoms with Gasteiger partial charge in [-0.1, -0.05) is 0 Å². The summed E-state index contributed by atoms with van der Waals surface area (Å²) in [5.74, 6) is 0.190. The van der Waals surface area contributed by atoms with E-state index in [9.17, 15) is 4.79 Å². The summed E-state index contributed by atoms with van der Waals surface area (Å²) in [6.07, 6.45) is 8.75. The molecule has 9 heteroatoms. The third-order valence-corrected chi connectivity index (χ3v) is 5.27. The number of pyridine rings is 1. The van der Waals surface area contributed by atoms with E-state index in [1.165, 1.54) is 12.5 Å². The molecule has 4 aromatic rings. The number of hydrogen-bond donors (Lipinski definition) is 1. The first-order valence-corrected chi connectivity index (χ1v) is 9.76. The van der Waals surface area contributed by atoms with Crippen molar-refractivity contribution in [1.82, 2.24) is 24.3 Å². The van der Waals surface area contributed by atoms with Gasteiger partial charge in [0.1, 0.15) is 23.3 Å². The van der Waals surface area contributed by atoms with Gasteiger partial charge in [-0.2, -0.15) is 0 Å². The fraction of sp³-hybridized carbons (Fsp3) is 0.286. The van der Waals surface area contributed by atoms with Gasteiger partial charge in [-0.15, -0.1) is 0 Å². The van der Waals surface area contributed by atoms with Gasteiger partial charge >= 0.3 is 0 Å². The Hall–Kier alpha value is -3.59. The van der Waals surface area contributed by atoms with Crippen LogP contribution in [0.2, 0.25) is 0 Å². The maximum absolute atomic E-state index is 12.8. The lowest BCUT2D eigenvalue weighted by Gasteiger charge is -2.25. The molecule has 0 radical (unpaired) electrons. The van der Waals surface area contributed by atoms with E-state index >= 15 is 0 Å². The SMILES string of the molecule is Cc1cnc2ccc(-c3nc(C(=O)CCC4CCO4)c(N)nc3-c3ncco3)cn12. The van der Waals surface area contributed by atoms with Gasteiger partial charge in [0.25, 0.3) is 0 Å². The number of ether oxygens (including phenoxy) is 1. The number of aromatic nitrogens is 5. The molecule has 0 spiro atoms. The lowest BCUT2D eigenvalue weighted by atomic mass is 10.0. The van der Waals surface area contributed by atoms with Crippen LogP contribution < -0.4 is 5.73 Å². The number of fused-ring (bicyclic) bond motifs is 1. The topological polar surface area (TPSA) is 121 Å². The molecule has 152 valence electrons. The minimum Gasteiger partial charge on any atom is -0.443 e. The predicted octanol–water partition coefficient (Wildman–Crippen LogP) is 3.09. The molecule has 1 aliphatic rings. The zero-order valence-electron chi connectivity index (χ0n) is 16.4. The van der Waals surface area contributed by atoms with Crippen molar-refractivity contribution in [3.05, 3.63) is 48.4 Å². The highest BCUT2D eigenvalue weighted by Gasteiger charge is 2.24. The summed E-state index contributed by atoms with van der Waals surface area (Å²) in [7, 11) is 0. The number of anilines is 1. The van der Waals surface area contributed by atoms with Crippen LogP contribution in [-0.4, -0.2) is 42.8 Å². The van der Waals surface area contributed by atoms with Crippen LogP contribution in [0.3, 0.4) is 0 Å². The maximum atomic E-state index is 12.8. The van der Waals surface area contributed by atoms with Crippen LogP contribution in [0.25, 0.3) is 28.5 Å². The maximum Gasteiger partial charge on any atom is 0.247 e. The number of imidazole rings is 1. The Morgan fingerprint density at radius 3 is 2.87 bits per heavy atom. The van der Waals surface area contributed by atoms with E-state index in [2.05, 4.69) is 19.9 Å². The number of carbonyl (C=O) groups is 1. The summed E-state index contributed by atoms with van der Waals surface area (Å²) in [4.78, 5) is 30.4. The number of rotatable bonds is 6. The van der Waals surface area contributed by atoms with Crippen LogP contribution >= 0.6 is 0 Å². The van der Waals surface area contributed by atoms with Crippen LogP contribution in [0, 0.1) is 6.92 Å². The van der Waals surface area contributed by atoms with Crippen LogP contribution in [-0.2, 0) is 4.74 Å². The van der Waals surface area contributed by atoms with Gasteiger partial charge in [-0.05, 0) is 31.9 Å². The smallest absolute Gasteiger partial charge is 0.247 e. The molecular weight excluding hydrogens is 384 g/mol. The van der Waals surface area contributed by atoms with Gasteiger partial charge < -0.3 is 19.3 Å². The minimum absolute atomic E-state index is 0.0615. The van der Waals surface area contributed by atoms with Gasteiger partial charge in [0.15, 0.2) is 17.3 Å². The second kappa shape index (κ2) is 7.34. The summed E-state index contributed by atoms with van der Waals surface area (Å²) in [6, 6.07) is 3.76. The number of nitrogens with zero attached hydrogens (tertiary/aromatic N) is 5. The zero-order chi connectivity index (χ0) is 20.7. The number of aryl methyl sites for hydroxylation is 1. The third kappa shape index (κ3) is 3.22. The van der Waals surface area contributed by atoms with E-state index < -0.39 is 0 Å². The molecule has 9 nitrogen and oxygen atoms in total. The van der Waals surface area contributed by atoms with E-state index in [1.807, 2.05) is 29.7 Å². The van der Waals surface area contributed by atoms with Crippen molar-refractivity contribution in [3.8, 4) is 22.8 Å². The molecule has 1 aliphatic heterocycles. The van der Waals surface area contributed by atoms with Gasteiger partial charge in [0.2, 0.25) is 5.89 Å². The number of oxazole rings is 1. The quantitative estimate of drug-likeness (QED) is 0.487. The molecule has 5 heterocycles. The first-order valence-electron chi connectivity index (χ1n) is 9.76. The normalized spacial score (nSPS) is 16.0. The summed E-state index contributed by atoms with van der Waals surface area (Å²) in [5, 5.41) is 0. The van der Waals surface area contributed by atoms with E-state index in [-0.39, 0.29) is 29.3 Å². The van der Waals surface area contributed by atoms with E-state index in [4.69, 9.17) is 14.9 Å². The Labute approximate surface area is 172 Å². The van der Waals surface area contributed by atoms with Crippen molar-refractivity contribution in [1.29, 1.82) is 0 Å². The molecule has 1 unspecified atom stereocenters. The second-order valence-electron chi connectivity index (χ2n) is 7.28. The largest absolute Gasteiger partial charge is 0.443 e. The Balaban J connectivity index is 1.60. The second-order valence-corrected chi connectivity index (χ2v) is 7.28. The number of hydrogen-bond acceptors (Lipinski definition) is 8. The average molecular weight is 404 g/mol. The molecule has 4 aromatic heterocycles. The van der Waals surface area contributed by atoms with Crippen LogP contribution in [0.15, 0.2) is 41.4 Å². The highest BCUT2D eigenvalue weighted by Crippen LogP contribution is 2.31.